The van der Waals surface area contributed by atoms with Gasteiger partial charge >= 0.3 is 0 Å². The molecule has 3 nitrogen and oxygen atoms in total. The Bertz CT molecular complexity index is 535. The standard InChI is InChI=1S/C13H15F2N3/c1-9(2)18-8-10(7-17-18)6-16-13-5-11(14)3-4-12(13)15/h3-5,7-9,16H,6H2,1-2H3. The molecular formula is C13H15F2N3. The Morgan fingerprint density at radius 3 is 2.78 bits per heavy atom. The number of hydrogen-bond donors (Lipinski definition) is 1. The SMILES string of the molecule is CC(C)n1cc(CNc2cc(F)ccc2F)cn1. The maximum atomic E-state index is 13.4. The Morgan fingerprint density at radius 1 is 1.33 bits per heavy atom. The molecule has 0 bridgehead atoms. The van der Waals surface area contributed by atoms with Gasteiger partial charge in [-0.05, 0) is 32.0 Å². The summed E-state index contributed by atoms with van der Waals surface area (Å²) < 4.78 is 28.1. The number of hydrogen-bond acceptors (Lipinski definition) is 2. The third kappa shape index (κ3) is 2.85. The van der Waals surface area contributed by atoms with Gasteiger partial charge in [-0.25, -0.2) is 8.78 Å². The van der Waals surface area contributed by atoms with E-state index in [0.717, 1.165) is 23.8 Å². The molecule has 0 amide bonds. The zero-order valence-corrected chi connectivity index (χ0v) is 10.3. The van der Waals surface area contributed by atoms with Crippen LogP contribution in [0.2, 0.25) is 0 Å². The molecule has 2 rings (SSSR count). The fourth-order valence-corrected chi connectivity index (χ4v) is 1.58. The second-order valence-electron chi connectivity index (χ2n) is 4.40. The summed E-state index contributed by atoms with van der Waals surface area (Å²) in [7, 11) is 0. The highest BCUT2D eigenvalue weighted by Gasteiger charge is 2.05. The average Bonchev–Trinajstić information content (AvgIpc) is 2.79. The summed E-state index contributed by atoms with van der Waals surface area (Å²) in [6, 6.07) is 3.62. The van der Waals surface area contributed by atoms with Crippen LogP contribution in [0, 0.1) is 11.6 Å². The average molecular weight is 251 g/mol. The van der Waals surface area contributed by atoms with Crippen molar-refractivity contribution in [3.05, 3.63) is 47.8 Å². The molecule has 1 heterocycles. The first kappa shape index (κ1) is 12.5. The van der Waals surface area contributed by atoms with Crippen LogP contribution in [0.15, 0.2) is 30.6 Å². The Kier molecular flexibility index (Phi) is 3.60. The fourth-order valence-electron chi connectivity index (χ4n) is 1.58. The Labute approximate surface area is 104 Å². The Balaban J connectivity index is 2.04. The molecule has 1 N–H and O–H groups in total. The van der Waals surface area contributed by atoms with Gasteiger partial charge in [-0.2, -0.15) is 5.10 Å². The molecule has 0 aliphatic rings. The number of rotatable bonds is 4. The minimum absolute atomic E-state index is 0.160. The van der Waals surface area contributed by atoms with Crippen molar-refractivity contribution in [3.8, 4) is 0 Å². The summed E-state index contributed by atoms with van der Waals surface area (Å²) in [5, 5.41) is 7.03. The topological polar surface area (TPSA) is 29.9 Å². The minimum atomic E-state index is -0.465. The number of nitrogens with zero attached hydrogens (tertiary/aromatic N) is 2. The number of benzene rings is 1. The summed E-state index contributed by atoms with van der Waals surface area (Å²) in [6.07, 6.45) is 3.60. The van der Waals surface area contributed by atoms with Crippen LogP contribution >= 0.6 is 0 Å². The minimum Gasteiger partial charge on any atom is -0.378 e. The van der Waals surface area contributed by atoms with E-state index in [2.05, 4.69) is 10.4 Å². The first-order valence-electron chi connectivity index (χ1n) is 5.78. The van der Waals surface area contributed by atoms with Gasteiger partial charge in [0.15, 0.2) is 0 Å². The molecule has 5 heteroatoms. The van der Waals surface area contributed by atoms with Gasteiger partial charge in [-0.1, -0.05) is 0 Å². The quantitative estimate of drug-likeness (QED) is 0.903. The lowest BCUT2D eigenvalue weighted by Gasteiger charge is -2.06. The van der Waals surface area contributed by atoms with Crippen molar-refractivity contribution in [3.63, 3.8) is 0 Å². The molecular weight excluding hydrogens is 236 g/mol. The van der Waals surface area contributed by atoms with E-state index >= 15 is 0 Å². The van der Waals surface area contributed by atoms with E-state index < -0.39 is 11.6 Å². The second kappa shape index (κ2) is 5.16. The maximum absolute atomic E-state index is 13.4. The number of anilines is 1. The first-order chi connectivity index (χ1) is 8.56. The fraction of sp³-hybridized carbons (Fsp3) is 0.308. The molecule has 1 aromatic heterocycles. The number of aromatic nitrogens is 2. The third-order valence-corrected chi connectivity index (χ3v) is 2.60. The zero-order chi connectivity index (χ0) is 13.1. The second-order valence-corrected chi connectivity index (χ2v) is 4.40. The molecule has 0 saturated heterocycles. The molecule has 0 spiro atoms. The van der Waals surface area contributed by atoms with Gasteiger partial charge in [0.2, 0.25) is 0 Å². The summed E-state index contributed by atoms with van der Waals surface area (Å²) in [6.45, 7) is 4.46. The van der Waals surface area contributed by atoms with Gasteiger partial charge in [0, 0.05) is 24.3 Å². The van der Waals surface area contributed by atoms with E-state index in [4.69, 9.17) is 0 Å². The van der Waals surface area contributed by atoms with Crippen LogP contribution in [0.5, 0.6) is 0 Å². The van der Waals surface area contributed by atoms with Crippen LogP contribution < -0.4 is 5.32 Å². The van der Waals surface area contributed by atoms with E-state index in [1.165, 1.54) is 0 Å². The highest BCUT2D eigenvalue weighted by Crippen LogP contribution is 2.16. The molecule has 0 radical (unpaired) electrons. The van der Waals surface area contributed by atoms with Gasteiger partial charge in [0.05, 0.1) is 11.9 Å². The molecule has 2 aromatic rings. The van der Waals surface area contributed by atoms with Gasteiger partial charge in [0.25, 0.3) is 0 Å². The molecule has 0 aliphatic carbocycles. The van der Waals surface area contributed by atoms with Crippen molar-refractivity contribution in [2.45, 2.75) is 26.4 Å². The Hall–Kier alpha value is -1.91. The van der Waals surface area contributed by atoms with Crippen molar-refractivity contribution >= 4 is 5.69 Å². The zero-order valence-electron chi connectivity index (χ0n) is 10.3. The lowest BCUT2D eigenvalue weighted by molar-refractivity contribution is 0.532. The summed E-state index contributed by atoms with van der Waals surface area (Å²) in [5.41, 5.74) is 1.08. The summed E-state index contributed by atoms with van der Waals surface area (Å²) in [4.78, 5) is 0. The van der Waals surface area contributed by atoms with Gasteiger partial charge in [0.1, 0.15) is 11.6 Å². The predicted octanol–water partition coefficient (Wildman–Crippen LogP) is 3.35. The van der Waals surface area contributed by atoms with Crippen molar-refractivity contribution < 1.29 is 8.78 Å². The van der Waals surface area contributed by atoms with Crippen molar-refractivity contribution in [1.29, 1.82) is 0 Å². The first-order valence-corrected chi connectivity index (χ1v) is 5.78. The summed E-state index contributed by atoms with van der Waals surface area (Å²) >= 11 is 0. The molecule has 96 valence electrons. The van der Waals surface area contributed by atoms with E-state index in [-0.39, 0.29) is 11.7 Å². The monoisotopic (exact) mass is 251 g/mol. The van der Waals surface area contributed by atoms with E-state index in [1.807, 2.05) is 24.7 Å². The van der Waals surface area contributed by atoms with E-state index in [9.17, 15) is 8.78 Å². The highest BCUT2D eigenvalue weighted by molar-refractivity contribution is 5.45. The highest BCUT2D eigenvalue weighted by atomic mass is 19.1. The van der Waals surface area contributed by atoms with Gasteiger partial charge in [-0.3, -0.25) is 4.68 Å². The number of halogens is 2. The van der Waals surface area contributed by atoms with Crippen LogP contribution in [0.3, 0.4) is 0 Å². The lowest BCUT2D eigenvalue weighted by atomic mass is 10.2. The van der Waals surface area contributed by atoms with Crippen molar-refractivity contribution in [2.75, 3.05) is 5.32 Å². The molecule has 1 aromatic carbocycles. The third-order valence-electron chi connectivity index (χ3n) is 2.60. The van der Waals surface area contributed by atoms with Crippen LogP contribution in [0.4, 0.5) is 14.5 Å². The molecule has 0 fully saturated rings. The molecule has 0 saturated carbocycles. The molecule has 18 heavy (non-hydrogen) atoms. The van der Waals surface area contributed by atoms with Crippen LogP contribution in [0.1, 0.15) is 25.5 Å². The molecule has 0 atom stereocenters. The predicted molar refractivity (Wildman–Crippen MR) is 66.3 cm³/mol. The van der Waals surface area contributed by atoms with Gasteiger partial charge < -0.3 is 5.32 Å². The normalized spacial score (nSPS) is 10.9. The van der Waals surface area contributed by atoms with Crippen LogP contribution in [-0.2, 0) is 6.54 Å². The van der Waals surface area contributed by atoms with E-state index in [0.29, 0.717) is 6.54 Å². The summed E-state index contributed by atoms with van der Waals surface area (Å²) in [5.74, 6) is -0.926. The smallest absolute Gasteiger partial charge is 0.146 e. The Morgan fingerprint density at radius 2 is 2.11 bits per heavy atom. The van der Waals surface area contributed by atoms with Crippen molar-refractivity contribution in [1.82, 2.24) is 9.78 Å². The van der Waals surface area contributed by atoms with E-state index in [1.54, 1.807) is 6.20 Å². The molecule has 0 aliphatic heterocycles. The number of nitrogens with one attached hydrogen (secondary N) is 1. The largest absolute Gasteiger partial charge is 0.378 e. The molecule has 0 unspecified atom stereocenters. The van der Waals surface area contributed by atoms with Gasteiger partial charge in [-0.15, -0.1) is 0 Å². The van der Waals surface area contributed by atoms with Crippen LogP contribution in [0.25, 0.3) is 0 Å². The van der Waals surface area contributed by atoms with Crippen molar-refractivity contribution in [2.24, 2.45) is 0 Å². The van der Waals surface area contributed by atoms with Crippen LogP contribution in [-0.4, -0.2) is 9.78 Å². The lowest BCUT2D eigenvalue weighted by Crippen LogP contribution is -2.02. The maximum Gasteiger partial charge on any atom is 0.146 e.